The molecular weight excluding hydrogens is 518 g/mol. The smallest absolute Gasteiger partial charge is 0.204 e. The summed E-state index contributed by atoms with van der Waals surface area (Å²) in [6.07, 6.45) is 6.57. The van der Waals surface area contributed by atoms with Gasteiger partial charge in [0.15, 0.2) is 6.29 Å². The van der Waals surface area contributed by atoms with Crippen molar-refractivity contribution in [1.29, 1.82) is 0 Å². The van der Waals surface area contributed by atoms with Crippen molar-refractivity contribution in [2.45, 2.75) is 51.7 Å². The van der Waals surface area contributed by atoms with E-state index < -0.39 is 0 Å². The molecular formula is C34H37NO6. The van der Waals surface area contributed by atoms with E-state index in [1.54, 1.807) is 12.1 Å². The Balaban J connectivity index is 1.30. The van der Waals surface area contributed by atoms with E-state index in [2.05, 4.69) is 4.90 Å². The molecule has 1 unspecified atom stereocenters. The zero-order valence-corrected chi connectivity index (χ0v) is 23.6. The first-order valence-corrected chi connectivity index (χ1v) is 14.7. The first-order chi connectivity index (χ1) is 20.0. The molecule has 0 spiro atoms. The van der Waals surface area contributed by atoms with Gasteiger partial charge in [-0.25, -0.2) is 0 Å². The lowest BCUT2D eigenvalue weighted by Crippen LogP contribution is -2.33. The molecule has 2 saturated heterocycles. The predicted molar refractivity (Wildman–Crippen MR) is 160 cm³/mol. The number of hydrogen-bond acceptors (Lipinski definition) is 7. The molecule has 6 rings (SSSR count). The molecule has 2 aliphatic rings. The van der Waals surface area contributed by atoms with Crippen LogP contribution >= 0.6 is 0 Å². The number of phenols is 1. The first kappa shape index (κ1) is 27.4. The Bertz CT molecular complexity index is 1530. The van der Waals surface area contributed by atoms with Crippen LogP contribution in [0.2, 0.25) is 0 Å². The molecule has 0 aliphatic carbocycles. The second-order valence-electron chi connectivity index (χ2n) is 11.0. The summed E-state index contributed by atoms with van der Waals surface area (Å²) in [5.41, 5.74) is 2.68. The van der Waals surface area contributed by atoms with Crippen molar-refractivity contribution in [2.75, 3.05) is 32.8 Å². The molecule has 4 aromatic rings. The Labute approximate surface area is 240 Å². The first-order valence-electron chi connectivity index (χ1n) is 14.7. The van der Waals surface area contributed by atoms with Crippen LogP contribution in [-0.4, -0.2) is 49.1 Å². The average Bonchev–Trinajstić information content (AvgIpc) is 2.99. The minimum Gasteiger partial charge on any atom is -0.507 e. The van der Waals surface area contributed by atoms with Gasteiger partial charge < -0.3 is 23.7 Å². The molecule has 0 bridgehead atoms. The van der Waals surface area contributed by atoms with E-state index in [1.807, 2.05) is 55.5 Å². The summed E-state index contributed by atoms with van der Waals surface area (Å²) in [7, 11) is 0. The van der Waals surface area contributed by atoms with Gasteiger partial charge in [0.05, 0.1) is 12.2 Å². The number of piperidine rings is 1. The quantitative estimate of drug-likeness (QED) is 0.253. The fraction of sp³-hybridized carbons (Fsp3) is 0.382. The Morgan fingerprint density at radius 2 is 1.63 bits per heavy atom. The van der Waals surface area contributed by atoms with Gasteiger partial charge in [0.25, 0.3) is 0 Å². The minimum atomic E-state index is -0.287. The molecule has 0 radical (unpaired) electrons. The Kier molecular flexibility index (Phi) is 8.26. The summed E-state index contributed by atoms with van der Waals surface area (Å²) in [6.45, 7) is 6.40. The fourth-order valence-corrected chi connectivity index (χ4v) is 5.73. The van der Waals surface area contributed by atoms with E-state index in [4.69, 9.17) is 18.6 Å². The number of phenolic OH excluding ortho intramolecular Hbond substituents is 1. The van der Waals surface area contributed by atoms with Crippen LogP contribution in [-0.2, 0) is 4.74 Å². The minimum absolute atomic E-state index is 0.0894. The van der Waals surface area contributed by atoms with Crippen molar-refractivity contribution >= 4 is 11.0 Å². The maximum absolute atomic E-state index is 13.9. The highest BCUT2D eigenvalue weighted by Crippen LogP contribution is 2.36. The lowest BCUT2D eigenvalue weighted by atomic mass is 9.97. The van der Waals surface area contributed by atoms with E-state index in [1.165, 1.54) is 19.3 Å². The number of aromatic hydroxyl groups is 1. The van der Waals surface area contributed by atoms with Gasteiger partial charge in [-0.3, -0.25) is 9.69 Å². The monoisotopic (exact) mass is 555 g/mol. The zero-order chi connectivity index (χ0) is 28.2. The van der Waals surface area contributed by atoms with E-state index in [-0.39, 0.29) is 22.9 Å². The number of ether oxygens (including phenoxy) is 3. The van der Waals surface area contributed by atoms with Crippen LogP contribution in [0, 0.1) is 6.92 Å². The van der Waals surface area contributed by atoms with Crippen LogP contribution in [0.5, 0.6) is 17.2 Å². The third-order valence-corrected chi connectivity index (χ3v) is 7.91. The van der Waals surface area contributed by atoms with Gasteiger partial charge in [0.1, 0.15) is 40.6 Å². The van der Waals surface area contributed by atoms with Gasteiger partial charge in [-0.05, 0) is 105 Å². The molecule has 7 heteroatoms. The Morgan fingerprint density at radius 1 is 0.902 bits per heavy atom. The molecule has 2 fully saturated rings. The number of likely N-dealkylation sites (tertiary alicyclic amines) is 1. The third kappa shape index (κ3) is 6.26. The van der Waals surface area contributed by atoms with Gasteiger partial charge in [0, 0.05) is 18.5 Å². The summed E-state index contributed by atoms with van der Waals surface area (Å²) in [5, 5.41) is 10.9. The topological polar surface area (TPSA) is 81.4 Å². The second-order valence-corrected chi connectivity index (χ2v) is 11.0. The van der Waals surface area contributed by atoms with Crippen molar-refractivity contribution in [3.63, 3.8) is 0 Å². The van der Waals surface area contributed by atoms with Crippen molar-refractivity contribution in [3.05, 3.63) is 76.5 Å². The molecule has 0 saturated carbocycles. The third-order valence-electron chi connectivity index (χ3n) is 7.91. The lowest BCUT2D eigenvalue weighted by molar-refractivity contribution is -0.105. The molecule has 1 N–H and O–H groups in total. The number of fused-ring (bicyclic) bond motifs is 1. The highest BCUT2D eigenvalue weighted by molar-refractivity contribution is 5.92. The standard InChI is InChI=1S/C34H37NO6/c1-23-21-28(36)32-29(22-23)41-34(25-10-12-26(13-11-25)38-20-18-35-16-4-2-5-17-35)31(33(32)37)24-8-14-27(15-9-24)40-30-7-3-6-19-39-30/h8-15,21-22,30,36H,2-7,16-20H2,1H3. The van der Waals surface area contributed by atoms with Crippen molar-refractivity contribution in [1.82, 2.24) is 4.90 Å². The van der Waals surface area contributed by atoms with Gasteiger partial charge in [0.2, 0.25) is 5.43 Å². The molecule has 2 aliphatic heterocycles. The van der Waals surface area contributed by atoms with Crippen molar-refractivity contribution < 1.29 is 23.7 Å². The highest BCUT2D eigenvalue weighted by atomic mass is 16.7. The highest BCUT2D eigenvalue weighted by Gasteiger charge is 2.21. The van der Waals surface area contributed by atoms with Crippen LogP contribution < -0.4 is 14.9 Å². The molecule has 0 amide bonds. The maximum atomic E-state index is 13.9. The normalized spacial score (nSPS) is 17.9. The second kappa shape index (κ2) is 12.4. The lowest BCUT2D eigenvalue weighted by Gasteiger charge is -2.26. The zero-order valence-electron chi connectivity index (χ0n) is 23.6. The summed E-state index contributed by atoms with van der Waals surface area (Å²) >= 11 is 0. The molecule has 1 atom stereocenters. The molecule has 214 valence electrons. The molecule has 3 heterocycles. The summed E-state index contributed by atoms with van der Waals surface area (Å²) in [4.78, 5) is 16.4. The van der Waals surface area contributed by atoms with Crippen LogP contribution in [0.15, 0.2) is 69.9 Å². The predicted octanol–water partition coefficient (Wildman–Crippen LogP) is 6.91. The van der Waals surface area contributed by atoms with Gasteiger partial charge >= 0.3 is 0 Å². The van der Waals surface area contributed by atoms with Crippen LogP contribution in [0.4, 0.5) is 0 Å². The molecule has 1 aromatic heterocycles. The van der Waals surface area contributed by atoms with Crippen molar-refractivity contribution in [2.24, 2.45) is 0 Å². The molecule has 7 nitrogen and oxygen atoms in total. The van der Waals surface area contributed by atoms with Gasteiger partial charge in [-0.1, -0.05) is 18.6 Å². The summed E-state index contributed by atoms with van der Waals surface area (Å²) in [6, 6.07) is 18.4. The van der Waals surface area contributed by atoms with E-state index in [9.17, 15) is 9.90 Å². The number of benzene rings is 3. The van der Waals surface area contributed by atoms with E-state index >= 15 is 0 Å². The molecule has 3 aromatic carbocycles. The molecule has 41 heavy (non-hydrogen) atoms. The number of rotatable bonds is 8. The van der Waals surface area contributed by atoms with E-state index in [0.717, 1.165) is 55.8 Å². The van der Waals surface area contributed by atoms with Gasteiger partial charge in [-0.15, -0.1) is 0 Å². The number of aryl methyl sites for hydroxylation is 1. The number of hydrogen-bond donors (Lipinski definition) is 1. The average molecular weight is 556 g/mol. The van der Waals surface area contributed by atoms with Crippen LogP contribution in [0.25, 0.3) is 33.4 Å². The summed E-state index contributed by atoms with van der Waals surface area (Å²) in [5.74, 6) is 1.80. The Hall–Kier alpha value is -3.81. The Morgan fingerprint density at radius 3 is 2.37 bits per heavy atom. The van der Waals surface area contributed by atoms with Crippen LogP contribution in [0.3, 0.4) is 0 Å². The summed E-state index contributed by atoms with van der Waals surface area (Å²) < 4.78 is 24.1. The maximum Gasteiger partial charge on any atom is 0.204 e. The number of nitrogens with zero attached hydrogens (tertiary/aromatic N) is 1. The van der Waals surface area contributed by atoms with E-state index in [0.29, 0.717) is 41.4 Å². The SMILES string of the molecule is Cc1cc(O)c2c(=O)c(-c3ccc(OC4CCCCO4)cc3)c(-c3ccc(OCCN4CCCCC4)cc3)oc2c1. The van der Waals surface area contributed by atoms with Crippen molar-refractivity contribution in [3.8, 4) is 39.7 Å². The van der Waals surface area contributed by atoms with Gasteiger partial charge in [-0.2, -0.15) is 0 Å². The largest absolute Gasteiger partial charge is 0.507 e. The van der Waals surface area contributed by atoms with Crippen LogP contribution in [0.1, 0.15) is 44.1 Å². The fourth-order valence-electron chi connectivity index (χ4n) is 5.73.